The third-order valence-corrected chi connectivity index (χ3v) is 12.9. The minimum atomic E-state index is -0.977. The van der Waals surface area contributed by atoms with Crippen LogP contribution in [0.15, 0.2) is 66.9 Å². The summed E-state index contributed by atoms with van der Waals surface area (Å²) in [6.45, 7) is 15.8. The molecule has 4 aliphatic heterocycles. The molecule has 324 valence electrons. The maximum atomic E-state index is 13.3. The molecule has 1 N–H and O–H groups in total. The number of methoxy groups -OCH3 is 1. The van der Waals surface area contributed by atoms with Gasteiger partial charge >= 0.3 is 0 Å². The van der Waals surface area contributed by atoms with Crippen LogP contribution < -0.4 is 19.7 Å². The topological polar surface area (TPSA) is 148 Å². The number of nitrogens with zero attached hydrogens (tertiary/aromatic N) is 6. The molecule has 3 saturated heterocycles. The smallest absolute Gasteiger partial charge is 0.262 e. The van der Waals surface area contributed by atoms with Gasteiger partial charge in [0, 0.05) is 55.9 Å². The first-order valence-electron chi connectivity index (χ1n) is 21.2. The van der Waals surface area contributed by atoms with Crippen LogP contribution in [0.2, 0.25) is 5.02 Å². The number of fused-ring (bicyclic) bond motifs is 1. The normalized spacial score (nSPS) is 18.7. The van der Waals surface area contributed by atoms with E-state index in [2.05, 4.69) is 55.6 Å². The van der Waals surface area contributed by atoms with Gasteiger partial charge in [-0.1, -0.05) is 43.5 Å². The first-order chi connectivity index (χ1) is 30.4. The highest BCUT2D eigenvalue weighted by molar-refractivity contribution is 6.32. The molecule has 0 spiro atoms. The lowest BCUT2D eigenvalue weighted by Gasteiger charge is -2.42. The second kappa shape index (κ2) is 18.6. The van der Waals surface area contributed by atoms with Gasteiger partial charge in [0.15, 0.2) is 0 Å². The number of aromatic nitrogens is 2. The van der Waals surface area contributed by atoms with Gasteiger partial charge in [-0.3, -0.25) is 29.4 Å². The summed E-state index contributed by atoms with van der Waals surface area (Å²) in [5.41, 5.74) is 4.08. The van der Waals surface area contributed by atoms with E-state index in [0.717, 1.165) is 73.6 Å². The Morgan fingerprint density at radius 1 is 0.905 bits per heavy atom. The van der Waals surface area contributed by atoms with Gasteiger partial charge in [-0.05, 0) is 97.7 Å². The van der Waals surface area contributed by atoms with E-state index in [1.807, 2.05) is 42.5 Å². The highest BCUT2D eigenvalue weighted by atomic mass is 35.5. The zero-order valence-electron chi connectivity index (χ0n) is 35.5. The Labute approximate surface area is 371 Å². The summed E-state index contributed by atoms with van der Waals surface area (Å²) in [6, 6.07) is 18.1. The molecular formula is C48H48ClN7O7. The number of benzene rings is 3. The molecule has 63 heavy (non-hydrogen) atoms. The number of hydrogen-bond donors (Lipinski definition) is 1. The van der Waals surface area contributed by atoms with Crippen molar-refractivity contribution in [3.8, 4) is 23.3 Å². The number of carbonyl (C=O) groups is 4. The van der Waals surface area contributed by atoms with Gasteiger partial charge < -0.3 is 24.0 Å². The number of halogens is 1. The fraction of sp³-hybridized carbons (Fsp3) is 0.396. The zero-order chi connectivity index (χ0) is 44.3. The summed E-state index contributed by atoms with van der Waals surface area (Å²) in [7, 11) is 1.51. The number of anilines is 1. The quantitative estimate of drug-likeness (QED) is 0.100. The van der Waals surface area contributed by atoms with E-state index in [1.165, 1.54) is 7.11 Å². The van der Waals surface area contributed by atoms with Gasteiger partial charge in [0.25, 0.3) is 11.8 Å². The number of hydrogen-bond acceptors (Lipinski definition) is 11. The van der Waals surface area contributed by atoms with Crippen LogP contribution in [0, 0.1) is 18.4 Å². The summed E-state index contributed by atoms with van der Waals surface area (Å²) in [4.78, 5) is 68.8. The van der Waals surface area contributed by atoms with Crippen LogP contribution >= 0.6 is 11.6 Å². The summed E-state index contributed by atoms with van der Waals surface area (Å²) >= 11 is 6.45. The third kappa shape index (κ3) is 9.25. The lowest BCUT2D eigenvalue weighted by molar-refractivity contribution is -0.136. The maximum Gasteiger partial charge on any atom is 0.262 e. The number of nitrogens with one attached hydrogen (secondary N) is 1. The first-order valence-corrected chi connectivity index (χ1v) is 21.6. The molecule has 1 atom stereocenters. The number of rotatable bonds is 11. The molecule has 3 aromatic carbocycles. The molecule has 4 amide bonds. The Bertz CT molecular complexity index is 2530. The van der Waals surface area contributed by atoms with Crippen LogP contribution in [-0.4, -0.2) is 101 Å². The maximum absolute atomic E-state index is 13.3. The van der Waals surface area contributed by atoms with E-state index in [-0.39, 0.29) is 32.2 Å². The molecule has 5 heterocycles. The van der Waals surface area contributed by atoms with Gasteiger partial charge in [-0.15, -0.1) is 0 Å². The largest absolute Gasteiger partial charge is 0.506 e. The van der Waals surface area contributed by atoms with Crippen molar-refractivity contribution in [1.29, 1.82) is 0 Å². The highest BCUT2D eigenvalue weighted by Gasteiger charge is 2.45. The van der Waals surface area contributed by atoms with Crippen molar-refractivity contribution in [2.24, 2.45) is 0 Å². The van der Waals surface area contributed by atoms with Crippen LogP contribution in [-0.2, 0) is 26.3 Å². The Morgan fingerprint density at radius 2 is 1.65 bits per heavy atom. The Hall–Kier alpha value is -6.32. The van der Waals surface area contributed by atoms with Gasteiger partial charge in [-0.25, -0.2) is 14.8 Å². The molecule has 0 bridgehead atoms. The van der Waals surface area contributed by atoms with Crippen molar-refractivity contribution in [2.45, 2.75) is 82.6 Å². The van der Waals surface area contributed by atoms with E-state index in [0.29, 0.717) is 50.9 Å². The molecular weight excluding hydrogens is 822 g/mol. The second-order valence-electron chi connectivity index (χ2n) is 16.7. The predicted octanol–water partition coefficient (Wildman–Crippen LogP) is 6.50. The molecule has 8 rings (SSSR count). The van der Waals surface area contributed by atoms with Crippen LogP contribution in [0.4, 0.5) is 11.4 Å². The Morgan fingerprint density at radius 3 is 2.37 bits per heavy atom. The van der Waals surface area contributed by atoms with Crippen molar-refractivity contribution in [3.05, 3.63) is 117 Å². The number of likely N-dealkylation sites (tertiary alicyclic amines) is 1. The highest BCUT2D eigenvalue weighted by Crippen LogP contribution is 2.42. The second-order valence-corrected chi connectivity index (χ2v) is 17.1. The Kier molecular flexibility index (Phi) is 12.8. The third-order valence-electron chi connectivity index (χ3n) is 12.6. The fourth-order valence-corrected chi connectivity index (χ4v) is 9.17. The van der Waals surface area contributed by atoms with E-state index in [9.17, 15) is 19.2 Å². The summed E-state index contributed by atoms with van der Waals surface area (Å²) in [5, 5.41) is 2.65. The van der Waals surface area contributed by atoms with Crippen molar-refractivity contribution >= 4 is 46.6 Å². The first kappa shape index (κ1) is 43.3. The average molecular weight is 870 g/mol. The summed E-state index contributed by atoms with van der Waals surface area (Å²) < 4.78 is 17.5. The molecule has 1 aromatic heterocycles. The van der Waals surface area contributed by atoms with E-state index in [1.54, 1.807) is 24.4 Å². The van der Waals surface area contributed by atoms with Crippen LogP contribution in [0.25, 0.3) is 4.85 Å². The molecule has 0 radical (unpaired) electrons. The number of amides is 4. The molecule has 14 nitrogen and oxygen atoms in total. The number of ether oxygens (including phenoxy) is 3. The molecule has 0 saturated carbocycles. The average Bonchev–Trinajstić information content (AvgIpc) is 3.54. The minimum Gasteiger partial charge on any atom is -0.506 e. The number of piperidine rings is 3. The van der Waals surface area contributed by atoms with E-state index in [4.69, 9.17) is 32.4 Å². The van der Waals surface area contributed by atoms with Crippen molar-refractivity contribution < 1.29 is 33.4 Å². The summed E-state index contributed by atoms with van der Waals surface area (Å²) in [6.07, 6.45) is 5.83. The van der Waals surface area contributed by atoms with Gasteiger partial charge in [0.2, 0.25) is 23.3 Å². The standard InChI is InChI=1S/C48H48ClN7O7/c1-48(2,31-26-39(49)44(61-4)40(27-31)50-3)30-7-10-35(11-8-30)63-29-32-15-20-51-42(52-32)6-5-25-62-36-18-23-54(24-19-36)33-16-21-55(22-17-33)34-9-12-37-38(28-34)47(60)56(46(37)59)41-13-14-43(57)53-45(41)58/h7-12,15,20,26-28,33,36,41H,13-14,16-19,21-25,29H2,1-2,4H3,(H,53,57,58). The van der Waals surface area contributed by atoms with Crippen molar-refractivity contribution in [2.75, 3.05) is 44.8 Å². The van der Waals surface area contributed by atoms with Crippen LogP contribution in [0.1, 0.15) is 95.7 Å². The summed E-state index contributed by atoms with van der Waals surface area (Å²) in [5.74, 6) is 5.60. The molecule has 4 aromatic rings. The SMILES string of the molecule is [C-]#[N+]c1cc(C(C)(C)c2ccc(OCc3ccnc(C#CCOC4CCN(C5CCN(c6ccc7c(c6)C(=O)N(C6CCC(=O)NC6=O)C7=O)CC5)CC4)n3)cc2)cc(Cl)c1OC. The number of imide groups is 2. The van der Waals surface area contributed by atoms with Gasteiger partial charge in [-0.2, -0.15) is 0 Å². The lowest BCUT2D eigenvalue weighted by atomic mass is 9.78. The Balaban J connectivity index is 0.761. The van der Waals surface area contributed by atoms with Gasteiger partial charge in [0.1, 0.15) is 30.8 Å². The predicted molar refractivity (Wildman–Crippen MR) is 235 cm³/mol. The van der Waals surface area contributed by atoms with Gasteiger partial charge in [0.05, 0.1) is 41.6 Å². The monoisotopic (exact) mass is 869 g/mol. The fourth-order valence-electron chi connectivity index (χ4n) is 8.88. The zero-order valence-corrected chi connectivity index (χ0v) is 36.2. The number of carbonyl (C=O) groups excluding carboxylic acids is 4. The van der Waals surface area contributed by atoms with Crippen molar-refractivity contribution in [3.63, 3.8) is 0 Å². The van der Waals surface area contributed by atoms with Crippen LogP contribution in [0.5, 0.6) is 11.5 Å². The van der Waals surface area contributed by atoms with Crippen molar-refractivity contribution in [1.82, 2.24) is 25.1 Å². The molecule has 3 fully saturated rings. The lowest BCUT2D eigenvalue weighted by Crippen LogP contribution is -2.54. The van der Waals surface area contributed by atoms with Crippen LogP contribution in [0.3, 0.4) is 0 Å². The van der Waals surface area contributed by atoms with E-state index < -0.39 is 35.1 Å². The molecule has 1 unspecified atom stereocenters. The molecule has 4 aliphatic rings. The molecule has 15 heteroatoms. The van der Waals surface area contributed by atoms with E-state index >= 15 is 0 Å². The molecule has 0 aliphatic carbocycles. The minimum absolute atomic E-state index is 0.0887.